The fourth-order valence-electron chi connectivity index (χ4n) is 5.37. The average Bonchev–Trinajstić information content (AvgIpc) is 3.51. The number of likely N-dealkylation sites (tertiary alicyclic amines) is 2. The van der Waals surface area contributed by atoms with Crippen LogP contribution in [0.1, 0.15) is 80.1 Å². The van der Waals surface area contributed by atoms with Crippen molar-refractivity contribution in [2.75, 3.05) is 39.4 Å². The van der Waals surface area contributed by atoms with Crippen LogP contribution >= 0.6 is 0 Å². The molecule has 254 valence electrons. The number of nitrogens with zero attached hydrogens (tertiary/aromatic N) is 2. The first-order valence-corrected chi connectivity index (χ1v) is 16.1. The predicted molar refractivity (Wildman–Crippen MR) is 163 cm³/mol. The number of alkyl carbamates (subject to hydrolysis) is 1. The SMILES string of the molecule is CCCC(NC(=O)[C@@H]1CCCN1C(=O)[C@@H](NC(=O)OCC(C)C)C(C)C)C(=O)C(=O)NCC(=O)N1CCC(C(=O)OCC)CC1. The number of rotatable bonds is 15. The summed E-state index contributed by atoms with van der Waals surface area (Å²) in [6.45, 7) is 12.0. The summed E-state index contributed by atoms with van der Waals surface area (Å²) >= 11 is 0. The Labute approximate surface area is 265 Å². The second kappa shape index (κ2) is 18.3. The monoisotopic (exact) mass is 637 g/mol. The van der Waals surface area contributed by atoms with Gasteiger partial charge in [0.2, 0.25) is 23.5 Å². The summed E-state index contributed by atoms with van der Waals surface area (Å²) in [5, 5.41) is 7.63. The third-order valence-corrected chi connectivity index (χ3v) is 7.89. The Morgan fingerprint density at radius 1 is 0.867 bits per heavy atom. The molecule has 2 aliphatic rings. The minimum atomic E-state index is -1.14. The summed E-state index contributed by atoms with van der Waals surface area (Å²) < 4.78 is 10.2. The molecule has 14 heteroatoms. The first-order chi connectivity index (χ1) is 21.3. The number of carbonyl (C=O) groups excluding carboxylic acids is 7. The molecule has 3 atom stereocenters. The highest BCUT2D eigenvalue weighted by Gasteiger charge is 2.40. The molecule has 0 radical (unpaired) electrons. The van der Waals surface area contributed by atoms with Crippen molar-refractivity contribution < 1.29 is 43.0 Å². The Hall–Kier alpha value is -3.71. The maximum atomic E-state index is 13.5. The molecule has 2 saturated heterocycles. The van der Waals surface area contributed by atoms with Crippen molar-refractivity contribution in [2.24, 2.45) is 17.8 Å². The molecule has 2 fully saturated rings. The highest BCUT2D eigenvalue weighted by molar-refractivity contribution is 6.38. The van der Waals surface area contributed by atoms with Crippen LogP contribution in [-0.4, -0.2) is 109 Å². The highest BCUT2D eigenvalue weighted by atomic mass is 16.5. The van der Waals surface area contributed by atoms with Gasteiger partial charge in [0.1, 0.15) is 12.1 Å². The standard InChI is InChI=1S/C31H51N5O9/c1-7-10-22(26(38)28(40)32-17-24(37)35-15-12-21(13-16-35)30(42)44-8-2)33-27(39)23-11-9-14-36(23)29(41)25(20(5)6)34-31(43)45-18-19(3)4/h19-23,25H,7-18H2,1-6H3,(H,32,40)(H,33,39)(H,34,43)/t22?,23-,25-/m0/s1. The van der Waals surface area contributed by atoms with E-state index < -0.39 is 54.3 Å². The van der Waals surface area contributed by atoms with Crippen LogP contribution in [0, 0.1) is 17.8 Å². The van der Waals surface area contributed by atoms with Crippen LogP contribution in [0.5, 0.6) is 0 Å². The van der Waals surface area contributed by atoms with Gasteiger partial charge in [-0.1, -0.05) is 41.0 Å². The molecule has 2 rings (SSSR count). The van der Waals surface area contributed by atoms with E-state index in [-0.39, 0.29) is 42.7 Å². The second-order valence-corrected chi connectivity index (χ2v) is 12.4. The summed E-state index contributed by atoms with van der Waals surface area (Å²) in [5.74, 6) is -3.95. The summed E-state index contributed by atoms with van der Waals surface area (Å²) in [4.78, 5) is 92.4. The van der Waals surface area contributed by atoms with Crippen LogP contribution in [-0.2, 0) is 38.2 Å². The number of carbonyl (C=O) groups is 7. The smallest absolute Gasteiger partial charge is 0.407 e. The largest absolute Gasteiger partial charge is 0.466 e. The number of nitrogens with one attached hydrogen (secondary N) is 3. The molecular weight excluding hydrogens is 586 g/mol. The van der Waals surface area contributed by atoms with Gasteiger partial charge < -0.3 is 35.2 Å². The van der Waals surface area contributed by atoms with Crippen LogP contribution in [0.2, 0.25) is 0 Å². The first-order valence-electron chi connectivity index (χ1n) is 16.1. The van der Waals surface area contributed by atoms with E-state index in [2.05, 4.69) is 16.0 Å². The molecule has 3 N–H and O–H groups in total. The van der Waals surface area contributed by atoms with E-state index in [1.54, 1.807) is 27.7 Å². The number of ketones is 1. The molecule has 0 bridgehead atoms. The zero-order valence-corrected chi connectivity index (χ0v) is 27.5. The fourth-order valence-corrected chi connectivity index (χ4v) is 5.37. The lowest BCUT2D eigenvalue weighted by molar-refractivity contribution is -0.151. The van der Waals surface area contributed by atoms with Crippen molar-refractivity contribution in [2.45, 2.75) is 98.2 Å². The number of piperidine rings is 1. The summed E-state index contributed by atoms with van der Waals surface area (Å²) in [7, 11) is 0. The molecular formula is C31H51N5O9. The molecule has 0 saturated carbocycles. The van der Waals surface area contributed by atoms with Gasteiger partial charge in [0, 0.05) is 19.6 Å². The van der Waals surface area contributed by atoms with Crippen LogP contribution < -0.4 is 16.0 Å². The summed E-state index contributed by atoms with van der Waals surface area (Å²) in [6.07, 6.45) is 1.79. The molecule has 0 spiro atoms. The lowest BCUT2D eigenvalue weighted by Gasteiger charge is -2.31. The van der Waals surface area contributed by atoms with Crippen molar-refractivity contribution in [3.8, 4) is 0 Å². The number of hydrogen-bond donors (Lipinski definition) is 3. The third kappa shape index (κ3) is 11.3. The normalized spacial score (nSPS) is 18.3. The Bertz CT molecular complexity index is 1070. The van der Waals surface area contributed by atoms with Crippen molar-refractivity contribution in [3.63, 3.8) is 0 Å². The van der Waals surface area contributed by atoms with E-state index in [0.717, 1.165) is 0 Å². The van der Waals surface area contributed by atoms with E-state index in [9.17, 15) is 33.6 Å². The van der Waals surface area contributed by atoms with Gasteiger partial charge in [-0.15, -0.1) is 0 Å². The van der Waals surface area contributed by atoms with Gasteiger partial charge in [0.15, 0.2) is 0 Å². The van der Waals surface area contributed by atoms with Gasteiger partial charge in [-0.05, 0) is 50.9 Å². The van der Waals surface area contributed by atoms with Gasteiger partial charge in [-0.3, -0.25) is 28.8 Å². The Morgan fingerprint density at radius 3 is 2.11 bits per heavy atom. The van der Waals surface area contributed by atoms with Crippen molar-refractivity contribution >= 4 is 41.5 Å². The Balaban J connectivity index is 1.96. The van der Waals surface area contributed by atoms with Gasteiger partial charge in [0.05, 0.1) is 31.7 Å². The lowest BCUT2D eigenvalue weighted by atomic mass is 9.97. The molecule has 0 aromatic carbocycles. The van der Waals surface area contributed by atoms with Crippen LogP contribution in [0.4, 0.5) is 4.79 Å². The first kappa shape index (κ1) is 37.5. The molecule has 1 unspecified atom stereocenters. The second-order valence-electron chi connectivity index (χ2n) is 12.4. The zero-order valence-electron chi connectivity index (χ0n) is 27.5. The molecule has 45 heavy (non-hydrogen) atoms. The van der Waals surface area contributed by atoms with Crippen LogP contribution in [0.3, 0.4) is 0 Å². The molecule has 2 heterocycles. The molecule has 0 aromatic rings. The summed E-state index contributed by atoms with van der Waals surface area (Å²) in [5.41, 5.74) is 0. The number of ether oxygens (including phenoxy) is 2. The third-order valence-electron chi connectivity index (χ3n) is 7.89. The fraction of sp³-hybridized carbons (Fsp3) is 0.774. The number of hydrogen-bond acceptors (Lipinski definition) is 9. The van der Waals surface area contributed by atoms with E-state index in [1.165, 1.54) is 9.80 Å². The van der Waals surface area contributed by atoms with Gasteiger partial charge >= 0.3 is 12.1 Å². The molecule has 5 amide bonds. The maximum Gasteiger partial charge on any atom is 0.407 e. The number of Topliss-reactive ketones (excluding diaryl/α,β-unsaturated/α-hetero) is 1. The van der Waals surface area contributed by atoms with Crippen LogP contribution in [0.15, 0.2) is 0 Å². The van der Waals surface area contributed by atoms with Crippen LogP contribution in [0.25, 0.3) is 0 Å². The van der Waals surface area contributed by atoms with Gasteiger partial charge in [0.25, 0.3) is 5.91 Å². The van der Waals surface area contributed by atoms with E-state index in [1.807, 2.05) is 13.8 Å². The highest BCUT2D eigenvalue weighted by Crippen LogP contribution is 2.21. The maximum absolute atomic E-state index is 13.5. The van der Waals surface area contributed by atoms with E-state index in [4.69, 9.17) is 9.47 Å². The van der Waals surface area contributed by atoms with Crippen molar-refractivity contribution in [1.29, 1.82) is 0 Å². The minimum absolute atomic E-state index is 0.124. The quantitative estimate of drug-likeness (QED) is 0.175. The van der Waals surface area contributed by atoms with Crippen molar-refractivity contribution in [3.05, 3.63) is 0 Å². The van der Waals surface area contributed by atoms with Gasteiger partial charge in [-0.25, -0.2) is 4.79 Å². The molecule has 0 aromatic heterocycles. The summed E-state index contributed by atoms with van der Waals surface area (Å²) in [6, 6.07) is -2.92. The van der Waals surface area contributed by atoms with E-state index >= 15 is 0 Å². The van der Waals surface area contributed by atoms with E-state index in [0.29, 0.717) is 58.3 Å². The zero-order chi connectivity index (χ0) is 33.7. The minimum Gasteiger partial charge on any atom is -0.466 e. The molecule has 2 aliphatic heterocycles. The number of esters is 1. The van der Waals surface area contributed by atoms with Gasteiger partial charge in [-0.2, -0.15) is 0 Å². The number of amides is 5. The predicted octanol–water partition coefficient (Wildman–Crippen LogP) is 1.16. The van der Waals surface area contributed by atoms with Crippen molar-refractivity contribution in [1.82, 2.24) is 25.8 Å². The topological polar surface area (TPSA) is 181 Å². The molecule has 14 nitrogen and oxygen atoms in total. The Kier molecular flexibility index (Phi) is 15.2. The average molecular weight is 638 g/mol. The Morgan fingerprint density at radius 2 is 1.53 bits per heavy atom. The lowest BCUT2D eigenvalue weighted by Crippen LogP contribution is -2.57. The molecule has 0 aliphatic carbocycles.